The second-order valence-electron chi connectivity index (χ2n) is 7.04. The molecule has 0 aliphatic heterocycles. The van der Waals surface area contributed by atoms with Gasteiger partial charge in [-0.1, -0.05) is 18.2 Å². The lowest BCUT2D eigenvalue weighted by Gasteiger charge is -2.22. The summed E-state index contributed by atoms with van der Waals surface area (Å²) in [6.45, 7) is 6.76. The van der Waals surface area contributed by atoms with Crippen LogP contribution in [0.3, 0.4) is 0 Å². The van der Waals surface area contributed by atoms with E-state index in [1.54, 1.807) is 23.0 Å². The van der Waals surface area contributed by atoms with E-state index in [1.165, 1.54) is 6.07 Å². The molecule has 3 aromatic rings. The highest BCUT2D eigenvalue weighted by atomic mass is 19.1. The fourth-order valence-electron chi connectivity index (χ4n) is 2.56. The van der Waals surface area contributed by atoms with Crippen molar-refractivity contribution in [1.82, 2.24) is 19.7 Å². The van der Waals surface area contributed by atoms with Crippen molar-refractivity contribution in [2.24, 2.45) is 7.05 Å². The molecule has 3 rings (SSSR count). The fourth-order valence-corrected chi connectivity index (χ4v) is 2.56. The molecule has 1 aromatic carbocycles. The minimum absolute atomic E-state index is 0.137. The molecule has 0 bridgehead atoms. The average Bonchev–Trinajstić information content (AvgIpc) is 2.90. The number of rotatable bonds is 5. The van der Waals surface area contributed by atoms with Crippen molar-refractivity contribution in [3.63, 3.8) is 0 Å². The van der Waals surface area contributed by atoms with Crippen LogP contribution in [0.4, 0.5) is 16.2 Å². The number of fused-ring (bicyclic) bond motifs is 1. The lowest BCUT2D eigenvalue weighted by Crippen LogP contribution is -2.27. The quantitative estimate of drug-likeness (QED) is 0.744. The Morgan fingerprint density at radius 3 is 2.64 bits per heavy atom. The van der Waals surface area contributed by atoms with Crippen LogP contribution in [0.25, 0.3) is 11.0 Å². The molecule has 6 nitrogen and oxygen atoms in total. The van der Waals surface area contributed by atoms with Gasteiger partial charge < -0.3 is 10.6 Å². The number of halogens is 1. The lowest BCUT2D eigenvalue weighted by molar-refractivity contribution is 0.610. The van der Waals surface area contributed by atoms with Gasteiger partial charge in [0.25, 0.3) is 0 Å². The first-order valence-electron chi connectivity index (χ1n) is 8.29. The van der Waals surface area contributed by atoms with E-state index in [0.717, 1.165) is 16.9 Å². The topological polar surface area (TPSA) is 67.7 Å². The molecule has 0 amide bonds. The van der Waals surface area contributed by atoms with E-state index < -0.39 is 0 Å². The Kier molecular flexibility index (Phi) is 4.57. The molecule has 2 N–H and O–H groups in total. The van der Waals surface area contributed by atoms with E-state index in [-0.39, 0.29) is 11.4 Å². The molecule has 0 atom stereocenters. The molecule has 2 heterocycles. The Balaban J connectivity index is 1.81. The molecule has 0 spiro atoms. The van der Waals surface area contributed by atoms with Gasteiger partial charge in [0.05, 0.1) is 11.6 Å². The maximum Gasteiger partial charge on any atom is 0.226 e. The van der Waals surface area contributed by atoms with Gasteiger partial charge in [0.1, 0.15) is 11.6 Å². The van der Waals surface area contributed by atoms with E-state index in [2.05, 4.69) is 46.5 Å². The lowest BCUT2D eigenvalue weighted by atomic mass is 10.1. The molecule has 7 heteroatoms. The second kappa shape index (κ2) is 6.66. The predicted molar refractivity (Wildman–Crippen MR) is 98.3 cm³/mol. The van der Waals surface area contributed by atoms with Crippen molar-refractivity contribution in [1.29, 1.82) is 0 Å². The average molecular weight is 342 g/mol. The van der Waals surface area contributed by atoms with Crippen molar-refractivity contribution in [2.75, 3.05) is 17.2 Å². The van der Waals surface area contributed by atoms with Crippen molar-refractivity contribution in [2.45, 2.75) is 32.7 Å². The molecule has 2 aromatic heterocycles. The van der Waals surface area contributed by atoms with Crippen LogP contribution in [-0.2, 0) is 13.5 Å². The van der Waals surface area contributed by atoms with Gasteiger partial charge in [0.15, 0.2) is 5.65 Å². The molecular formula is C18H23FN6. The Morgan fingerprint density at radius 1 is 1.16 bits per heavy atom. The van der Waals surface area contributed by atoms with Gasteiger partial charge in [-0.3, -0.25) is 4.68 Å². The Bertz CT molecular complexity index is 881. The van der Waals surface area contributed by atoms with Crippen LogP contribution in [0.2, 0.25) is 0 Å². The van der Waals surface area contributed by atoms with E-state index in [4.69, 9.17) is 0 Å². The summed E-state index contributed by atoms with van der Waals surface area (Å²) in [6.07, 6.45) is 2.31. The van der Waals surface area contributed by atoms with Crippen molar-refractivity contribution in [3.8, 4) is 0 Å². The maximum atomic E-state index is 13.7. The summed E-state index contributed by atoms with van der Waals surface area (Å²) in [5, 5.41) is 11.7. The van der Waals surface area contributed by atoms with Crippen molar-refractivity contribution in [3.05, 3.63) is 41.8 Å². The molecule has 0 radical (unpaired) electrons. The zero-order chi connectivity index (χ0) is 18.0. The standard InChI is InChI=1S/C18H23FN6/c1-18(2,3)24-15-13-11-21-25(4)16(13)23-17(22-15)20-10-9-12-7-5-6-8-14(12)19/h5-8,11H,9-10H2,1-4H3,(H2,20,22,23,24). The molecule has 25 heavy (non-hydrogen) atoms. The van der Waals surface area contributed by atoms with Crippen LogP contribution in [0, 0.1) is 5.82 Å². The summed E-state index contributed by atoms with van der Waals surface area (Å²) in [5.41, 5.74) is 1.28. The minimum Gasteiger partial charge on any atom is -0.365 e. The first-order valence-corrected chi connectivity index (χ1v) is 8.29. The number of nitrogens with zero attached hydrogens (tertiary/aromatic N) is 4. The zero-order valence-corrected chi connectivity index (χ0v) is 15.0. The summed E-state index contributed by atoms with van der Waals surface area (Å²) in [5.74, 6) is 1.04. The van der Waals surface area contributed by atoms with Gasteiger partial charge in [-0.05, 0) is 38.8 Å². The molecule has 0 unspecified atom stereocenters. The van der Waals surface area contributed by atoms with Gasteiger partial charge in [0, 0.05) is 19.1 Å². The summed E-state index contributed by atoms with van der Waals surface area (Å²) in [6, 6.07) is 6.78. The van der Waals surface area contributed by atoms with Gasteiger partial charge in [-0.15, -0.1) is 0 Å². The van der Waals surface area contributed by atoms with Crippen LogP contribution in [0.1, 0.15) is 26.3 Å². The van der Waals surface area contributed by atoms with Crippen LogP contribution in [0.15, 0.2) is 30.5 Å². The first-order chi connectivity index (χ1) is 11.8. The van der Waals surface area contributed by atoms with Crippen molar-refractivity contribution < 1.29 is 4.39 Å². The number of aromatic nitrogens is 4. The highest BCUT2D eigenvalue weighted by molar-refractivity contribution is 5.87. The smallest absolute Gasteiger partial charge is 0.226 e. The first kappa shape index (κ1) is 17.1. The maximum absolute atomic E-state index is 13.7. The minimum atomic E-state index is -0.192. The number of hydrogen-bond acceptors (Lipinski definition) is 5. The van der Waals surface area contributed by atoms with Crippen LogP contribution in [-0.4, -0.2) is 31.8 Å². The van der Waals surface area contributed by atoms with E-state index in [0.29, 0.717) is 24.5 Å². The van der Waals surface area contributed by atoms with Gasteiger partial charge in [0.2, 0.25) is 5.95 Å². The Morgan fingerprint density at radius 2 is 1.92 bits per heavy atom. The van der Waals surface area contributed by atoms with Gasteiger partial charge in [-0.25, -0.2) is 4.39 Å². The number of nitrogens with one attached hydrogen (secondary N) is 2. The number of aryl methyl sites for hydroxylation is 1. The second-order valence-corrected chi connectivity index (χ2v) is 7.04. The normalized spacial score (nSPS) is 11.7. The van der Waals surface area contributed by atoms with E-state index >= 15 is 0 Å². The monoisotopic (exact) mass is 342 g/mol. The largest absolute Gasteiger partial charge is 0.365 e. The highest BCUT2D eigenvalue weighted by Crippen LogP contribution is 2.24. The summed E-state index contributed by atoms with van der Waals surface area (Å²) >= 11 is 0. The molecule has 0 fully saturated rings. The van der Waals surface area contributed by atoms with E-state index in [9.17, 15) is 4.39 Å². The van der Waals surface area contributed by atoms with Gasteiger partial charge >= 0.3 is 0 Å². The third kappa shape index (κ3) is 4.04. The SMILES string of the molecule is Cn1ncc2c(NC(C)(C)C)nc(NCCc3ccccc3F)nc21. The predicted octanol–water partition coefficient (Wildman–Crippen LogP) is 3.37. The Hall–Kier alpha value is -2.70. The summed E-state index contributed by atoms with van der Waals surface area (Å²) < 4.78 is 15.4. The van der Waals surface area contributed by atoms with Crippen LogP contribution < -0.4 is 10.6 Å². The molecule has 0 aliphatic carbocycles. The number of benzene rings is 1. The third-order valence-corrected chi connectivity index (χ3v) is 3.72. The Labute approximate surface area is 146 Å². The number of anilines is 2. The third-order valence-electron chi connectivity index (χ3n) is 3.72. The number of hydrogen-bond donors (Lipinski definition) is 2. The molecule has 0 aliphatic rings. The molecule has 132 valence electrons. The summed E-state index contributed by atoms with van der Waals surface area (Å²) in [4.78, 5) is 9.10. The van der Waals surface area contributed by atoms with Crippen LogP contribution >= 0.6 is 0 Å². The highest BCUT2D eigenvalue weighted by Gasteiger charge is 2.16. The van der Waals surface area contributed by atoms with Crippen molar-refractivity contribution >= 4 is 22.8 Å². The van der Waals surface area contributed by atoms with Crippen LogP contribution in [0.5, 0.6) is 0 Å². The molecule has 0 saturated heterocycles. The van der Waals surface area contributed by atoms with E-state index in [1.807, 2.05) is 13.1 Å². The fraction of sp³-hybridized carbons (Fsp3) is 0.389. The summed E-state index contributed by atoms with van der Waals surface area (Å²) in [7, 11) is 1.85. The molecule has 0 saturated carbocycles. The van der Waals surface area contributed by atoms with Gasteiger partial charge in [-0.2, -0.15) is 15.1 Å². The zero-order valence-electron chi connectivity index (χ0n) is 15.0. The molecular weight excluding hydrogens is 319 g/mol.